The first kappa shape index (κ1) is 10.00. The molecule has 2 atom stereocenters. The van der Waals surface area contributed by atoms with E-state index in [0.717, 1.165) is 31.1 Å². The Kier molecular flexibility index (Phi) is 2.50. The fraction of sp³-hybridized carbons (Fsp3) is 0.462. The SMILES string of the molecule is O=C(CN1CC2CNC2C1)c1ccccc1. The Morgan fingerprint density at radius 3 is 2.69 bits per heavy atom. The summed E-state index contributed by atoms with van der Waals surface area (Å²) in [6.07, 6.45) is 0. The molecule has 3 nitrogen and oxygen atoms in total. The number of hydrogen-bond donors (Lipinski definition) is 1. The number of nitrogens with zero attached hydrogens (tertiary/aromatic N) is 1. The van der Waals surface area contributed by atoms with Gasteiger partial charge in [0.05, 0.1) is 6.54 Å². The van der Waals surface area contributed by atoms with Crippen LogP contribution in [0, 0.1) is 5.92 Å². The van der Waals surface area contributed by atoms with Gasteiger partial charge in [-0.3, -0.25) is 9.69 Å². The lowest BCUT2D eigenvalue weighted by atomic mass is 9.96. The van der Waals surface area contributed by atoms with Crippen LogP contribution in [0.2, 0.25) is 0 Å². The zero-order valence-electron chi connectivity index (χ0n) is 9.23. The average molecular weight is 216 g/mol. The fourth-order valence-corrected chi connectivity index (χ4v) is 2.59. The third-order valence-electron chi connectivity index (χ3n) is 3.62. The molecule has 3 heteroatoms. The first-order valence-electron chi connectivity index (χ1n) is 5.87. The number of rotatable bonds is 3. The van der Waals surface area contributed by atoms with Crippen molar-refractivity contribution in [2.75, 3.05) is 26.2 Å². The molecule has 2 unspecified atom stereocenters. The monoisotopic (exact) mass is 216 g/mol. The molecular formula is C13H16N2O. The molecule has 0 radical (unpaired) electrons. The summed E-state index contributed by atoms with van der Waals surface area (Å²) in [7, 11) is 0. The minimum absolute atomic E-state index is 0.238. The maximum absolute atomic E-state index is 12.0. The summed E-state index contributed by atoms with van der Waals surface area (Å²) in [4.78, 5) is 14.2. The minimum atomic E-state index is 0.238. The molecule has 0 saturated carbocycles. The van der Waals surface area contributed by atoms with Crippen molar-refractivity contribution in [3.8, 4) is 0 Å². The smallest absolute Gasteiger partial charge is 0.176 e. The number of likely N-dealkylation sites (tertiary alicyclic amines) is 1. The van der Waals surface area contributed by atoms with Gasteiger partial charge >= 0.3 is 0 Å². The molecule has 1 N–H and O–H groups in total. The third kappa shape index (κ3) is 1.77. The number of carbonyl (C=O) groups excluding carboxylic acids is 1. The Morgan fingerprint density at radius 1 is 1.31 bits per heavy atom. The summed E-state index contributed by atoms with van der Waals surface area (Å²) in [5.41, 5.74) is 0.828. The van der Waals surface area contributed by atoms with Crippen LogP contribution in [0.3, 0.4) is 0 Å². The highest BCUT2D eigenvalue weighted by Crippen LogP contribution is 2.23. The van der Waals surface area contributed by atoms with Crippen molar-refractivity contribution >= 4 is 5.78 Å². The number of benzene rings is 1. The molecule has 0 aromatic heterocycles. The standard InChI is InChI=1S/C13H16N2O/c16-13(10-4-2-1-3-5-10)9-15-7-11-6-14-12(11)8-15/h1-5,11-12,14H,6-9H2. The maximum atomic E-state index is 12.0. The van der Waals surface area contributed by atoms with E-state index in [9.17, 15) is 4.79 Å². The van der Waals surface area contributed by atoms with Crippen molar-refractivity contribution in [1.29, 1.82) is 0 Å². The molecule has 2 fully saturated rings. The third-order valence-corrected chi connectivity index (χ3v) is 3.62. The van der Waals surface area contributed by atoms with E-state index in [4.69, 9.17) is 0 Å². The summed E-state index contributed by atoms with van der Waals surface area (Å²) in [6, 6.07) is 10.2. The summed E-state index contributed by atoms with van der Waals surface area (Å²) < 4.78 is 0. The Morgan fingerprint density at radius 2 is 2.12 bits per heavy atom. The van der Waals surface area contributed by atoms with Gasteiger partial charge in [-0.25, -0.2) is 0 Å². The van der Waals surface area contributed by atoms with E-state index in [1.165, 1.54) is 0 Å². The normalized spacial score (nSPS) is 28.5. The van der Waals surface area contributed by atoms with E-state index in [2.05, 4.69) is 10.2 Å². The minimum Gasteiger partial charge on any atom is -0.312 e. The van der Waals surface area contributed by atoms with Gasteiger partial charge in [-0.1, -0.05) is 30.3 Å². The van der Waals surface area contributed by atoms with E-state index >= 15 is 0 Å². The van der Waals surface area contributed by atoms with Crippen molar-refractivity contribution in [3.05, 3.63) is 35.9 Å². The quantitative estimate of drug-likeness (QED) is 0.758. The Balaban J connectivity index is 1.61. The van der Waals surface area contributed by atoms with Gasteiger partial charge in [-0.05, 0) is 0 Å². The number of hydrogen-bond acceptors (Lipinski definition) is 3. The number of Topliss-reactive ketones (excluding diaryl/α,β-unsaturated/α-hetero) is 1. The zero-order valence-corrected chi connectivity index (χ0v) is 9.23. The molecule has 0 spiro atoms. The lowest BCUT2D eigenvalue weighted by molar-refractivity contribution is 0.0944. The van der Waals surface area contributed by atoms with Gasteiger partial charge in [0.15, 0.2) is 5.78 Å². The predicted octanol–water partition coefficient (Wildman–Crippen LogP) is 0.773. The Labute approximate surface area is 95.4 Å². The van der Waals surface area contributed by atoms with Crippen LogP contribution in [0.1, 0.15) is 10.4 Å². The van der Waals surface area contributed by atoms with Crippen LogP contribution in [0.25, 0.3) is 0 Å². The maximum Gasteiger partial charge on any atom is 0.176 e. The molecule has 0 amide bonds. The molecule has 3 rings (SSSR count). The van der Waals surface area contributed by atoms with Crippen LogP contribution in [0.15, 0.2) is 30.3 Å². The van der Waals surface area contributed by atoms with Crippen molar-refractivity contribution in [2.24, 2.45) is 5.92 Å². The van der Waals surface area contributed by atoms with E-state index < -0.39 is 0 Å². The van der Waals surface area contributed by atoms with Gasteiger partial charge in [0.25, 0.3) is 0 Å². The summed E-state index contributed by atoms with van der Waals surface area (Å²) in [5.74, 6) is 1.02. The van der Waals surface area contributed by atoms with Crippen LogP contribution >= 0.6 is 0 Å². The number of fused-ring (bicyclic) bond motifs is 1. The van der Waals surface area contributed by atoms with E-state index in [1.54, 1.807) is 0 Å². The molecule has 2 saturated heterocycles. The summed E-state index contributed by atoms with van der Waals surface area (Å²) >= 11 is 0. The topological polar surface area (TPSA) is 32.3 Å². The molecule has 0 aliphatic carbocycles. The highest BCUT2D eigenvalue weighted by atomic mass is 16.1. The molecule has 2 aliphatic heterocycles. The van der Waals surface area contributed by atoms with Gasteiger partial charge in [0, 0.05) is 37.2 Å². The highest BCUT2D eigenvalue weighted by molar-refractivity contribution is 5.97. The predicted molar refractivity (Wildman–Crippen MR) is 62.5 cm³/mol. The zero-order chi connectivity index (χ0) is 11.0. The van der Waals surface area contributed by atoms with Gasteiger partial charge in [-0.2, -0.15) is 0 Å². The van der Waals surface area contributed by atoms with Gasteiger partial charge in [0.2, 0.25) is 0 Å². The van der Waals surface area contributed by atoms with E-state index in [-0.39, 0.29) is 5.78 Å². The van der Waals surface area contributed by atoms with Gasteiger partial charge in [-0.15, -0.1) is 0 Å². The highest BCUT2D eigenvalue weighted by Gasteiger charge is 2.39. The molecule has 2 aliphatic rings. The molecular weight excluding hydrogens is 200 g/mol. The fourth-order valence-electron chi connectivity index (χ4n) is 2.59. The van der Waals surface area contributed by atoms with Crippen LogP contribution in [0.5, 0.6) is 0 Å². The lowest BCUT2D eigenvalue weighted by Gasteiger charge is -2.30. The molecule has 0 bridgehead atoms. The molecule has 1 aromatic rings. The second kappa shape index (κ2) is 4.00. The van der Waals surface area contributed by atoms with Crippen LogP contribution in [-0.4, -0.2) is 42.9 Å². The molecule has 1 aromatic carbocycles. The van der Waals surface area contributed by atoms with Gasteiger partial charge in [0.1, 0.15) is 0 Å². The van der Waals surface area contributed by atoms with E-state index in [0.29, 0.717) is 12.6 Å². The number of nitrogens with one attached hydrogen (secondary N) is 1. The average Bonchev–Trinajstić information content (AvgIpc) is 2.57. The van der Waals surface area contributed by atoms with Crippen LogP contribution in [0.4, 0.5) is 0 Å². The molecule has 16 heavy (non-hydrogen) atoms. The second-order valence-corrected chi connectivity index (χ2v) is 4.76. The second-order valence-electron chi connectivity index (χ2n) is 4.76. The lowest BCUT2D eigenvalue weighted by Crippen LogP contribution is -2.51. The van der Waals surface area contributed by atoms with Gasteiger partial charge < -0.3 is 5.32 Å². The van der Waals surface area contributed by atoms with Crippen LogP contribution < -0.4 is 5.32 Å². The van der Waals surface area contributed by atoms with Crippen molar-refractivity contribution in [3.63, 3.8) is 0 Å². The largest absolute Gasteiger partial charge is 0.312 e. The Bertz CT molecular complexity index is 378. The van der Waals surface area contributed by atoms with Crippen LogP contribution in [-0.2, 0) is 0 Å². The van der Waals surface area contributed by atoms with Crippen molar-refractivity contribution in [2.45, 2.75) is 6.04 Å². The molecule has 84 valence electrons. The molecule has 2 heterocycles. The first-order chi connectivity index (χ1) is 7.83. The number of ketones is 1. The summed E-state index contributed by atoms with van der Waals surface area (Å²) in [5, 5.41) is 3.40. The Hall–Kier alpha value is -1.19. The number of carbonyl (C=O) groups is 1. The summed E-state index contributed by atoms with van der Waals surface area (Å²) in [6.45, 7) is 3.80. The first-order valence-corrected chi connectivity index (χ1v) is 5.87. The van der Waals surface area contributed by atoms with Crippen molar-refractivity contribution < 1.29 is 4.79 Å². The van der Waals surface area contributed by atoms with Crippen molar-refractivity contribution in [1.82, 2.24) is 10.2 Å². The van der Waals surface area contributed by atoms with E-state index in [1.807, 2.05) is 30.3 Å².